The molecule has 2 N–H and O–H groups in total. The summed E-state index contributed by atoms with van der Waals surface area (Å²) in [7, 11) is -1.58. The number of sulfonamides is 1. The number of hydrogen-bond acceptors (Lipinski definition) is 3. The van der Waals surface area contributed by atoms with Crippen LogP contribution in [-0.2, 0) is 16.6 Å². The summed E-state index contributed by atoms with van der Waals surface area (Å²) in [5.74, 6) is 0. The van der Waals surface area contributed by atoms with Gasteiger partial charge in [-0.15, -0.1) is 0 Å². The summed E-state index contributed by atoms with van der Waals surface area (Å²) < 4.78 is 27.1. The molecule has 0 spiro atoms. The van der Waals surface area contributed by atoms with Crippen LogP contribution in [-0.4, -0.2) is 22.0 Å². The minimum absolute atomic E-state index is 0.0778. The molecule has 1 aromatic carbocycles. The Morgan fingerprint density at radius 3 is 2.37 bits per heavy atom. The van der Waals surface area contributed by atoms with Gasteiger partial charge in [0.05, 0.1) is 4.90 Å². The Hall–Kier alpha value is -0.910. The van der Waals surface area contributed by atoms with E-state index in [0.29, 0.717) is 18.0 Å². The summed E-state index contributed by atoms with van der Waals surface area (Å²) in [5.41, 5.74) is 2.01. The van der Waals surface area contributed by atoms with Crippen LogP contribution in [0.15, 0.2) is 23.1 Å². The van der Waals surface area contributed by atoms with Crippen molar-refractivity contribution in [3.63, 3.8) is 0 Å². The minimum atomic E-state index is -3.43. The van der Waals surface area contributed by atoms with Crippen molar-refractivity contribution in [3.8, 4) is 0 Å². The second-order valence-corrected chi connectivity index (χ2v) is 7.77. The predicted molar refractivity (Wildman–Crippen MR) is 78.6 cm³/mol. The number of rotatable bonds is 5. The molecule has 0 radical (unpaired) electrons. The van der Waals surface area contributed by atoms with Crippen LogP contribution in [0.4, 0.5) is 0 Å². The van der Waals surface area contributed by atoms with Crippen LogP contribution in [0.3, 0.4) is 0 Å². The van der Waals surface area contributed by atoms with E-state index in [0.717, 1.165) is 11.1 Å². The van der Waals surface area contributed by atoms with E-state index in [2.05, 4.69) is 10.0 Å². The summed E-state index contributed by atoms with van der Waals surface area (Å²) >= 11 is 0. The molecule has 1 aromatic rings. The fraction of sp³-hybridized carbons (Fsp3) is 0.571. The smallest absolute Gasteiger partial charge is 0.240 e. The number of hydrogen-bond donors (Lipinski definition) is 2. The lowest BCUT2D eigenvalue weighted by atomic mass is 9.98. The third-order valence-corrected chi connectivity index (χ3v) is 4.19. The van der Waals surface area contributed by atoms with Gasteiger partial charge in [0.2, 0.25) is 10.0 Å². The van der Waals surface area contributed by atoms with Gasteiger partial charge in [0.1, 0.15) is 0 Å². The van der Waals surface area contributed by atoms with E-state index in [-0.39, 0.29) is 5.41 Å². The van der Waals surface area contributed by atoms with E-state index in [1.54, 1.807) is 12.1 Å². The summed E-state index contributed by atoms with van der Waals surface area (Å²) in [6, 6.07) is 5.23. The highest BCUT2D eigenvalue weighted by molar-refractivity contribution is 7.89. The molecule has 0 heterocycles. The maximum Gasteiger partial charge on any atom is 0.240 e. The monoisotopic (exact) mass is 284 g/mol. The van der Waals surface area contributed by atoms with Crippen LogP contribution in [0, 0.1) is 12.3 Å². The lowest BCUT2D eigenvalue weighted by Gasteiger charge is -2.19. The lowest BCUT2D eigenvalue weighted by Crippen LogP contribution is -2.32. The van der Waals surface area contributed by atoms with Crippen LogP contribution in [0.2, 0.25) is 0 Å². The van der Waals surface area contributed by atoms with Crippen LogP contribution in [0.5, 0.6) is 0 Å². The van der Waals surface area contributed by atoms with Gasteiger partial charge in [-0.1, -0.05) is 26.8 Å². The Bertz CT molecular complexity index is 531. The molecular weight excluding hydrogens is 260 g/mol. The summed E-state index contributed by atoms with van der Waals surface area (Å²) in [4.78, 5) is 0.326. The Kier molecular flexibility index (Phi) is 5.12. The van der Waals surface area contributed by atoms with Crippen LogP contribution in [0.25, 0.3) is 0 Å². The molecule has 0 aliphatic rings. The first-order valence-electron chi connectivity index (χ1n) is 6.39. The molecule has 0 fully saturated rings. The van der Waals surface area contributed by atoms with E-state index in [1.807, 2.05) is 40.8 Å². The molecule has 0 bridgehead atoms. The van der Waals surface area contributed by atoms with Gasteiger partial charge in [0.15, 0.2) is 0 Å². The Morgan fingerprint density at radius 1 is 1.21 bits per heavy atom. The number of aryl methyl sites for hydroxylation is 1. The molecular formula is C14H24N2O2S. The van der Waals surface area contributed by atoms with Gasteiger partial charge in [0.25, 0.3) is 0 Å². The van der Waals surface area contributed by atoms with Crippen molar-refractivity contribution in [2.75, 3.05) is 13.6 Å². The second kappa shape index (κ2) is 6.03. The minimum Gasteiger partial charge on any atom is -0.316 e. The van der Waals surface area contributed by atoms with Crippen molar-refractivity contribution in [3.05, 3.63) is 29.3 Å². The zero-order valence-corrected chi connectivity index (χ0v) is 13.2. The van der Waals surface area contributed by atoms with Gasteiger partial charge in [-0.05, 0) is 42.6 Å². The summed E-state index contributed by atoms with van der Waals surface area (Å²) in [6.45, 7) is 9.05. The van der Waals surface area contributed by atoms with Gasteiger partial charge < -0.3 is 5.32 Å². The van der Waals surface area contributed by atoms with E-state index in [4.69, 9.17) is 0 Å². The lowest BCUT2D eigenvalue weighted by molar-refractivity contribution is 0.407. The quantitative estimate of drug-likeness (QED) is 0.870. The molecule has 108 valence electrons. The van der Waals surface area contributed by atoms with E-state index in [1.165, 1.54) is 0 Å². The highest BCUT2D eigenvalue weighted by Crippen LogP contribution is 2.17. The van der Waals surface area contributed by atoms with Gasteiger partial charge in [-0.2, -0.15) is 0 Å². The molecule has 0 unspecified atom stereocenters. The molecule has 0 saturated carbocycles. The number of nitrogens with one attached hydrogen (secondary N) is 2. The SMILES string of the molecule is CNCc1cc(S(=O)(=O)NCC(C)(C)C)ccc1C. The molecule has 0 atom stereocenters. The molecule has 0 aromatic heterocycles. The molecule has 0 saturated heterocycles. The zero-order chi connectivity index (χ0) is 14.7. The molecule has 0 aliphatic carbocycles. The molecule has 1 rings (SSSR count). The van der Waals surface area contributed by atoms with Crippen molar-refractivity contribution < 1.29 is 8.42 Å². The summed E-state index contributed by atoms with van der Waals surface area (Å²) in [6.07, 6.45) is 0. The van der Waals surface area contributed by atoms with E-state index in [9.17, 15) is 8.42 Å². The van der Waals surface area contributed by atoms with Gasteiger partial charge >= 0.3 is 0 Å². The van der Waals surface area contributed by atoms with Crippen LogP contribution >= 0.6 is 0 Å². The van der Waals surface area contributed by atoms with E-state index < -0.39 is 10.0 Å². The molecule has 5 heteroatoms. The van der Waals surface area contributed by atoms with Gasteiger partial charge in [-0.25, -0.2) is 13.1 Å². The Morgan fingerprint density at radius 2 is 1.84 bits per heavy atom. The average Bonchev–Trinajstić information content (AvgIpc) is 2.29. The molecule has 19 heavy (non-hydrogen) atoms. The van der Waals surface area contributed by atoms with E-state index >= 15 is 0 Å². The molecule has 0 aliphatic heterocycles. The highest BCUT2D eigenvalue weighted by atomic mass is 32.2. The van der Waals surface area contributed by atoms with Crippen molar-refractivity contribution in [1.82, 2.24) is 10.0 Å². The first-order valence-corrected chi connectivity index (χ1v) is 7.88. The third kappa shape index (κ3) is 4.93. The maximum absolute atomic E-state index is 12.2. The van der Waals surface area contributed by atoms with Gasteiger partial charge in [0, 0.05) is 13.1 Å². The van der Waals surface area contributed by atoms with Crippen LogP contribution < -0.4 is 10.0 Å². The zero-order valence-electron chi connectivity index (χ0n) is 12.4. The van der Waals surface area contributed by atoms with Crippen molar-refractivity contribution >= 4 is 10.0 Å². The van der Waals surface area contributed by atoms with Crippen molar-refractivity contribution in [2.24, 2.45) is 5.41 Å². The highest BCUT2D eigenvalue weighted by Gasteiger charge is 2.19. The molecule has 4 nitrogen and oxygen atoms in total. The van der Waals surface area contributed by atoms with Gasteiger partial charge in [-0.3, -0.25) is 0 Å². The standard InChI is InChI=1S/C14H24N2O2S/c1-11-6-7-13(8-12(11)9-15-5)19(17,18)16-10-14(2,3)4/h6-8,15-16H,9-10H2,1-5H3. The normalized spacial score (nSPS) is 12.7. The number of benzene rings is 1. The first-order chi connectivity index (χ1) is 8.65. The van der Waals surface area contributed by atoms with Crippen LogP contribution in [0.1, 0.15) is 31.9 Å². The predicted octanol–water partition coefficient (Wildman–Crippen LogP) is 2.04. The Labute approximate surface area is 116 Å². The van der Waals surface area contributed by atoms with Crippen molar-refractivity contribution in [1.29, 1.82) is 0 Å². The average molecular weight is 284 g/mol. The fourth-order valence-corrected chi connectivity index (χ4v) is 2.93. The first kappa shape index (κ1) is 16.1. The second-order valence-electron chi connectivity index (χ2n) is 6.00. The maximum atomic E-state index is 12.2. The Balaban J connectivity index is 2.98. The molecule has 0 amide bonds. The fourth-order valence-electron chi connectivity index (χ4n) is 1.59. The third-order valence-electron chi connectivity index (χ3n) is 2.79. The largest absolute Gasteiger partial charge is 0.316 e. The van der Waals surface area contributed by atoms with Crippen molar-refractivity contribution in [2.45, 2.75) is 39.1 Å². The summed E-state index contributed by atoms with van der Waals surface area (Å²) in [5, 5.41) is 3.04. The topological polar surface area (TPSA) is 58.2 Å².